The molecule has 1 atom stereocenters. The lowest BCUT2D eigenvalue weighted by Crippen LogP contribution is -2.44. The van der Waals surface area contributed by atoms with Gasteiger partial charge in [0.25, 0.3) is 5.91 Å². The molecule has 1 aromatic rings. The van der Waals surface area contributed by atoms with Crippen LogP contribution in [0.25, 0.3) is 0 Å². The number of hydrogen-bond donors (Lipinski definition) is 1. The van der Waals surface area contributed by atoms with E-state index in [1.54, 1.807) is 11.8 Å². The summed E-state index contributed by atoms with van der Waals surface area (Å²) in [5.74, 6) is -0.233. The van der Waals surface area contributed by atoms with Gasteiger partial charge in [-0.1, -0.05) is 6.92 Å². The van der Waals surface area contributed by atoms with Gasteiger partial charge in [0.1, 0.15) is 5.00 Å². The third-order valence-electron chi connectivity index (χ3n) is 5.39. The van der Waals surface area contributed by atoms with Crippen molar-refractivity contribution in [2.75, 3.05) is 18.4 Å². The van der Waals surface area contributed by atoms with Crippen molar-refractivity contribution >= 4 is 34.1 Å². The summed E-state index contributed by atoms with van der Waals surface area (Å²) < 4.78 is 5.55. The number of likely N-dealkylation sites (tertiary alicyclic amines) is 1. The van der Waals surface area contributed by atoms with E-state index < -0.39 is 12.1 Å². The summed E-state index contributed by atoms with van der Waals surface area (Å²) in [6, 6.07) is 0. The molecule has 1 aliphatic heterocycles. The van der Waals surface area contributed by atoms with Crippen molar-refractivity contribution < 1.29 is 19.1 Å². The van der Waals surface area contributed by atoms with Crippen LogP contribution in [0.1, 0.15) is 67.3 Å². The summed E-state index contributed by atoms with van der Waals surface area (Å²) in [6.07, 6.45) is 4.97. The van der Waals surface area contributed by atoms with E-state index in [4.69, 9.17) is 4.74 Å². The van der Waals surface area contributed by atoms with Gasteiger partial charge >= 0.3 is 5.97 Å². The van der Waals surface area contributed by atoms with E-state index in [0.717, 1.165) is 49.0 Å². The molecule has 1 N–H and O–H groups in total. The lowest BCUT2D eigenvalue weighted by atomic mass is 9.95. The third kappa shape index (κ3) is 4.51. The number of amides is 2. The number of thiophene rings is 1. The first-order valence-corrected chi connectivity index (χ1v) is 10.6. The summed E-state index contributed by atoms with van der Waals surface area (Å²) >= 11 is 1.45. The van der Waals surface area contributed by atoms with Crippen LogP contribution in [0.5, 0.6) is 0 Å². The molecule has 1 saturated heterocycles. The Morgan fingerprint density at radius 3 is 2.52 bits per heavy atom. The van der Waals surface area contributed by atoms with Crippen LogP contribution in [0.4, 0.5) is 5.00 Å². The highest BCUT2D eigenvalue weighted by Crippen LogP contribution is 2.38. The van der Waals surface area contributed by atoms with Crippen molar-refractivity contribution in [1.82, 2.24) is 4.90 Å². The predicted molar refractivity (Wildman–Crippen MR) is 105 cm³/mol. The first kappa shape index (κ1) is 19.9. The summed E-state index contributed by atoms with van der Waals surface area (Å²) in [5, 5.41) is 3.31. The van der Waals surface area contributed by atoms with Crippen molar-refractivity contribution in [1.29, 1.82) is 0 Å². The van der Waals surface area contributed by atoms with E-state index >= 15 is 0 Å². The molecule has 0 aromatic carbocycles. The first-order chi connectivity index (χ1) is 12.9. The maximum Gasteiger partial charge on any atom is 0.342 e. The number of hydrogen-bond acceptors (Lipinski definition) is 5. The number of ether oxygens (including phenoxy) is 1. The maximum absolute atomic E-state index is 12.9. The van der Waals surface area contributed by atoms with Crippen molar-refractivity contribution in [3.05, 3.63) is 16.0 Å². The Morgan fingerprint density at radius 2 is 1.85 bits per heavy atom. The number of piperidine rings is 1. The number of fused-ring (bicyclic) bond motifs is 1. The number of nitrogens with zero attached hydrogens (tertiary/aromatic N) is 1. The van der Waals surface area contributed by atoms with Crippen LogP contribution < -0.4 is 5.32 Å². The van der Waals surface area contributed by atoms with E-state index in [1.165, 1.54) is 18.3 Å². The molecule has 27 heavy (non-hydrogen) atoms. The highest BCUT2D eigenvalue weighted by Gasteiger charge is 2.31. The van der Waals surface area contributed by atoms with Gasteiger partial charge in [0.15, 0.2) is 6.10 Å². The van der Waals surface area contributed by atoms with Gasteiger partial charge in [-0.15, -0.1) is 11.3 Å². The monoisotopic (exact) mass is 392 g/mol. The van der Waals surface area contributed by atoms with Gasteiger partial charge in [-0.05, 0) is 56.9 Å². The van der Waals surface area contributed by atoms with Crippen molar-refractivity contribution in [2.45, 2.75) is 65.4 Å². The van der Waals surface area contributed by atoms with Crippen LogP contribution in [0.2, 0.25) is 0 Å². The van der Waals surface area contributed by atoms with Crippen LogP contribution >= 0.6 is 11.3 Å². The summed E-state index contributed by atoms with van der Waals surface area (Å²) in [4.78, 5) is 40.0. The Kier molecular flexibility index (Phi) is 6.19. The van der Waals surface area contributed by atoms with E-state index in [1.807, 2.05) is 0 Å². The molecule has 1 unspecified atom stereocenters. The molecule has 0 spiro atoms. The second-order valence-corrected chi connectivity index (χ2v) is 8.76. The van der Waals surface area contributed by atoms with Crippen LogP contribution in [-0.4, -0.2) is 41.9 Å². The lowest BCUT2D eigenvalue weighted by Gasteiger charge is -2.32. The quantitative estimate of drug-likeness (QED) is 0.797. The minimum Gasteiger partial charge on any atom is -0.449 e. The molecular formula is C20H28N2O4S. The fraction of sp³-hybridized carbons (Fsp3) is 0.650. The minimum absolute atomic E-state index is 0.138. The van der Waals surface area contributed by atoms with Crippen molar-refractivity contribution in [3.8, 4) is 0 Å². The van der Waals surface area contributed by atoms with Crippen LogP contribution in [-0.2, 0) is 27.2 Å². The molecule has 1 aromatic heterocycles. The molecule has 1 fully saturated rings. The van der Waals surface area contributed by atoms with Crippen LogP contribution in [0.15, 0.2) is 0 Å². The first-order valence-electron chi connectivity index (χ1n) is 9.78. The zero-order valence-electron chi connectivity index (χ0n) is 16.3. The van der Waals surface area contributed by atoms with Gasteiger partial charge < -0.3 is 15.0 Å². The molecular weight excluding hydrogens is 364 g/mol. The number of nitrogens with one attached hydrogen (secondary N) is 1. The van der Waals surface area contributed by atoms with Gasteiger partial charge in [0.05, 0.1) is 5.56 Å². The highest BCUT2D eigenvalue weighted by atomic mass is 32.1. The van der Waals surface area contributed by atoms with E-state index in [-0.39, 0.29) is 11.8 Å². The Bertz CT molecular complexity index is 735. The SMILES string of the molecule is CC(=O)Nc1sc2c(c1C(=O)OC(C)C(=O)N1CCC(C)CC1)CCCC2. The molecule has 2 amide bonds. The molecule has 0 saturated carbocycles. The lowest BCUT2D eigenvalue weighted by molar-refractivity contribution is -0.141. The highest BCUT2D eigenvalue weighted by molar-refractivity contribution is 7.17. The fourth-order valence-corrected chi connectivity index (χ4v) is 5.11. The number of aryl methyl sites for hydroxylation is 1. The Labute approximate surface area is 164 Å². The summed E-state index contributed by atoms with van der Waals surface area (Å²) in [7, 11) is 0. The molecule has 148 valence electrons. The largest absolute Gasteiger partial charge is 0.449 e. The topological polar surface area (TPSA) is 75.7 Å². The summed E-state index contributed by atoms with van der Waals surface area (Å²) in [6.45, 7) is 6.68. The Hall–Kier alpha value is -1.89. The second-order valence-electron chi connectivity index (χ2n) is 7.65. The van der Waals surface area contributed by atoms with Crippen molar-refractivity contribution in [2.24, 2.45) is 5.92 Å². The number of carbonyl (C=O) groups excluding carboxylic acids is 3. The molecule has 0 bridgehead atoms. The molecule has 3 rings (SSSR count). The third-order valence-corrected chi connectivity index (χ3v) is 6.60. The van der Waals surface area contributed by atoms with Crippen molar-refractivity contribution in [3.63, 3.8) is 0 Å². The van der Waals surface area contributed by atoms with Gasteiger partial charge in [-0.2, -0.15) is 0 Å². The normalized spacial score (nSPS) is 18.6. The van der Waals surface area contributed by atoms with E-state index in [9.17, 15) is 14.4 Å². The molecule has 1 aliphatic carbocycles. The molecule has 7 heteroatoms. The standard InChI is InChI=1S/C20H28N2O4S/c1-12-8-10-22(11-9-12)19(24)13(2)26-20(25)17-15-6-4-5-7-16(15)27-18(17)21-14(3)23/h12-13H,4-11H2,1-3H3,(H,21,23). The number of rotatable bonds is 4. The molecule has 2 heterocycles. The second kappa shape index (κ2) is 8.42. The summed E-state index contributed by atoms with van der Waals surface area (Å²) in [5.41, 5.74) is 1.42. The number of carbonyl (C=O) groups is 3. The number of esters is 1. The zero-order valence-corrected chi connectivity index (χ0v) is 17.1. The van der Waals surface area contributed by atoms with Gasteiger partial charge in [-0.25, -0.2) is 4.79 Å². The van der Waals surface area contributed by atoms with E-state index in [0.29, 0.717) is 29.6 Å². The molecule has 2 aliphatic rings. The van der Waals surface area contributed by atoms with Crippen LogP contribution in [0, 0.1) is 5.92 Å². The maximum atomic E-state index is 12.9. The zero-order chi connectivity index (χ0) is 19.6. The van der Waals surface area contributed by atoms with Crippen LogP contribution in [0.3, 0.4) is 0 Å². The van der Waals surface area contributed by atoms with Gasteiger partial charge in [0.2, 0.25) is 5.91 Å². The average Bonchev–Trinajstić information content (AvgIpc) is 2.98. The van der Waals surface area contributed by atoms with Gasteiger partial charge in [-0.3, -0.25) is 9.59 Å². The molecule has 0 radical (unpaired) electrons. The smallest absolute Gasteiger partial charge is 0.342 e. The number of anilines is 1. The fourth-order valence-electron chi connectivity index (χ4n) is 3.79. The Balaban J connectivity index is 1.74. The average molecular weight is 393 g/mol. The Morgan fingerprint density at radius 1 is 1.19 bits per heavy atom. The molecule has 6 nitrogen and oxygen atoms in total. The predicted octanol–water partition coefficient (Wildman–Crippen LogP) is 3.39. The van der Waals surface area contributed by atoms with Gasteiger partial charge in [0, 0.05) is 24.9 Å². The minimum atomic E-state index is -0.824. The van der Waals surface area contributed by atoms with E-state index in [2.05, 4.69) is 12.2 Å².